The number of amides is 1. The molecular weight excluding hydrogens is 314 g/mol. The van der Waals surface area contributed by atoms with Crippen LogP contribution in [0.1, 0.15) is 5.56 Å². The van der Waals surface area contributed by atoms with Crippen LogP contribution in [-0.4, -0.2) is 46.4 Å². The van der Waals surface area contributed by atoms with E-state index < -0.39 is 10.0 Å². The number of nitrogens with two attached hydrogens (primary N) is 1. The number of halogens is 1. The summed E-state index contributed by atoms with van der Waals surface area (Å²) in [7, 11) is -0.787. The first-order chi connectivity index (χ1) is 9.77. The Hall–Kier alpha value is -1.59. The van der Waals surface area contributed by atoms with Crippen LogP contribution < -0.4 is 10.5 Å². The molecule has 3 N–H and O–H groups in total. The fourth-order valence-electron chi connectivity index (χ4n) is 1.34. The molecule has 114 valence electrons. The lowest BCUT2D eigenvalue weighted by Crippen LogP contribution is -2.36. The van der Waals surface area contributed by atoms with Crippen LogP contribution in [0.2, 0.25) is 5.02 Å². The van der Waals surface area contributed by atoms with Gasteiger partial charge in [-0.15, -0.1) is 0 Å². The van der Waals surface area contributed by atoms with E-state index in [-0.39, 0.29) is 28.9 Å². The van der Waals surface area contributed by atoms with Crippen molar-refractivity contribution in [1.82, 2.24) is 9.62 Å². The van der Waals surface area contributed by atoms with E-state index in [1.165, 1.54) is 37.2 Å². The second-order valence-electron chi connectivity index (χ2n) is 4.26. The monoisotopic (exact) mass is 329 g/mol. The van der Waals surface area contributed by atoms with Gasteiger partial charge in [0.15, 0.2) is 0 Å². The van der Waals surface area contributed by atoms with Crippen molar-refractivity contribution in [2.24, 2.45) is 5.73 Å². The Morgan fingerprint density at radius 2 is 2.10 bits per heavy atom. The van der Waals surface area contributed by atoms with Gasteiger partial charge >= 0.3 is 0 Å². The summed E-state index contributed by atoms with van der Waals surface area (Å²) in [5.74, 6) is 5.04. The molecule has 0 heterocycles. The highest BCUT2D eigenvalue weighted by atomic mass is 35.5. The maximum absolute atomic E-state index is 12.1. The smallest absolute Gasteiger partial charge is 0.242 e. The maximum atomic E-state index is 12.1. The molecule has 0 aromatic heterocycles. The van der Waals surface area contributed by atoms with Gasteiger partial charge in [-0.2, -0.15) is 0 Å². The molecule has 1 aromatic rings. The average molecular weight is 330 g/mol. The molecule has 21 heavy (non-hydrogen) atoms. The van der Waals surface area contributed by atoms with Crippen molar-refractivity contribution in [3.8, 4) is 11.8 Å². The number of nitrogens with one attached hydrogen (secondary N) is 1. The summed E-state index contributed by atoms with van der Waals surface area (Å²) in [6, 6.07) is 4.30. The van der Waals surface area contributed by atoms with Gasteiger partial charge in [0.25, 0.3) is 0 Å². The SMILES string of the molecule is CN(C)C(=O)CNS(=O)(=O)c1ccc(C#CCN)cc1Cl. The molecule has 1 rings (SSSR count). The first-order valence-electron chi connectivity index (χ1n) is 5.96. The third-order valence-electron chi connectivity index (χ3n) is 2.47. The van der Waals surface area contributed by atoms with Crippen molar-refractivity contribution < 1.29 is 13.2 Å². The molecule has 0 saturated heterocycles. The molecule has 0 aliphatic heterocycles. The van der Waals surface area contributed by atoms with Crippen LogP contribution in [0.15, 0.2) is 23.1 Å². The molecule has 6 nitrogen and oxygen atoms in total. The van der Waals surface area contributed by atoms with Gasteiger partial charge in [0, 0.05) is 19.7 Å². The fraction of sp³-hybridized carbons (Fsp3) is 0.308. The number of nitrogens with zero attached hydrogens (tertiary/aromatic N) is 1. The fourth-order valence-corrected chi connectivity index (χ4v) is 2.86. The highest BCUT2D eigenvalue weighted by Gasteiger charge is 2.19. The summed E-state index contributed by atoms with van der Waals surface area (Å²) in [4.78, 5) is 12.6. The third kappa shape index (κ3) is 5.02. The van der Waals surface area contributed by atoms with E-state index >= 15 is 0 Å². The Bertz CT molecular complexity index is 690. The predicted molar refractivity (Wildman–Crippen MR) is 81.3 cm³/mol. The first-order valence-corrected chi connectivity index (χ1v) is 7.82. The van der Waals surface area contributed by atoms with Crippen LogP contribution in [0, 0.1) is 11.8 Å². The van der Waals surface area contributed by atoms with Gasteiger partial charge in [-0.05, 0) is 18.2 Å². The third-order valence-corrected chi connectivity index (χ3v) is 4.35. The van der Waals surface area contributed by atoms with Gasteiger partial charge in [-0.3, -0.25) is 4.79 Å². The normalized spacial score (nSPS) is 10.7. The van der Waals surface area contributed by atoms with E-state index in [0.717, 1.165) is 0 Å². The van der Waals surface area contributed by atoms with E-state index in [9.17, 15) is 13.2 Å². The predicted octanol–water partition coefficient (Wildman–Crippen LogP) is 0.0167. The molecule has 0 aliphatic carbocycles. The quantitative estimate of drug-likeness (QED) is 0.761. The molecule has 0 saturated carbocycles. The molecule has 0 radical (unpaired) electrons. The summed E-state index contributed by atoms with van der Waals surface area (Å²) >= 11 is 5.96. The molecule has 1 amide bonds. The van der Waals surface area contributed by atoms with E-state index in [1.807, 2.05) is 0 Å². The van der Waals surface area contributed by atoms with Gasteiger partial charge in [-0.25, -0.2) is 13.1 Å². The average Bonchev–Trinajstić information content (AvgIpc) is 2.42. The van der Waals surface area contributed by atoms with Crippen LogP contribution in [0.4, 0.5) is 0 Å². The molecule has 0 spiro atoms. The van der Waals surface area contributed by atoms with Crippen molar-refractivity contribution >= 4 is 27.5 Å². The Morgan fingerprint density at radius 1 is 1.43 bits per heavy atom. The van der Waals surface area contributed by atoms with Crippen molar-refractivity contribution in [2.45, 2.75) is 4.90 Å². The van der Waals surface area contributed by atoms with E-state index in [4.69, 9.17) is 17.3 Å². The second kappa shape index (κ2) is 7.43. The number of hydrogen-bond acceptors (Lipinski definition) is 4. The van der Waals surface area contributed by atoms with Crippen LogP contribution in [0.5, 0.6) is 0 Å². The van der Waals surface area contributed by atoms with Crippen molar-refractivity contribution in [1.29, 1.82) is 0 Å². The number of sulfonamides is 1. The molecule has 8 heteroatoms. The zero-order valence-corrected chi connectivity index (χ0v) is 13.3. The van der Waals surface area contributed by atoms with E-state index in [2.05, 4.69) is 16.6 Å². The van der Waals surface area contributed by atoms with Gasteiger partial charge < -0.3 is 10.6 Å². The van der Waals surface area contributed by atoms with Gasteiger partial charge in [0.1, 0.15) is 4.90 Å². The second-order valence-corrected chi connectivity index (χ2v) is 6.41. The summed E-state index contributed by atoms with van der Waals surface area (Å²) in [5.41, 5.74) is 5.82. The highest BCUT2D eigenvalue weighted by Crippen LogP contribution is 2.22. The summed E-state index contributed by atoms with van der Waals surface area (Å²) in [6.45, 7) is -0.133. The van der Waals surface area contributed by atoms with Gasteiger partial charge in [-0.1, -0.05) is 23.4 Å². The lowest BCUT2D eigenvalue weighted by atomic mass is 10.2. The first kappa shape index (κ1) is 17.5. The molecular formula is C13H16ClN3O3S. The number of carbonyl (C=O) groups excluding carboxylic acids is 1. The van der Waals surface area contributed by atoms with Crippen LogP contribution in [0.3, 0.4) is 0 Å². The van der Waals surface area contributed by atoms with Crippen molar-refractivity contribution in [2.75, 3.05) is 27.2 Å². The maximum Gasteiger partial charge on any atom is 0.242 e. The van der Waals surface area contributed by atoms with Gasteiger partial charge in [0.05, 0.1) is 18.1 Å². The van der Waals surface area contributed by atoms with Gasteiger partial charge in [0.2, 0.25) is 15.9 Å². The number of benzene rings is 1. The lowest BCUT2D eigenvalue weighted by Gasteiger charge is -2.12. The minimum atomic E-state index is -3.86. The molecule has 0 atom stereocenters. The zero-order chi connectivity index (χ0) is 16.0. The lowest BCUT2D eigenvalue weighted by molar-refractivity contribution is -0.127. The number of hydrogen-bond donors (Lipinski definition) is 2. The molecule has 0 aliphatic rings. The largest absolute Gasteiger partial charge is 0.348 e. The highest BCUT2D eigenvalue weighted by molar-refractivity contribution is 7.89. The number of rotatable bonds is 4. The number of carbonyl (C=O) groups is 1. The standard InChI is InChI=1S/C13H16ClN3O3S/c1-17(2)13(18)9-16-21(19,20)12-6-5-10(4-3-7-15)8-11(12)14/h5-6,8,16H,7,9,15H2,1-2H3. The topological polar surface area (TPSA) is 92.5 Å². The minimum Gasteiger partial charge on any atom is -0.348 e. The molecule has 1 aromatic carbocycles. The van der Waals surface area contributed by atoms with Crippen LogP contribution in [-0.2, 0) is 14.8 Å². The molecule has 0 unspecified atom stereocenters. The summed E-state index contributed by atoms with van der Waals surface area (Å²) in [5, 5.41) is 0.0311. The van der Waals surface area contributed by atoms with Crippen LogP contribution >= 0.6 is 11.6 Å². The van der Waals surface area contributed by atoms with E-state index in [1.54, 1.807) is 0 Å². The van der Waals surface area contributed by atoms with E-state index in [0.29, 0.717) is 5.56 Å². The Balaban J connectivity index is 2.96. The Kier molecular flexibility index (Phi) is 6.18. The van der Waals surface area contributed by atoms with Crippen molar-refractivity contribution in [3.05, 3.63) is 28.8 Å². The minimum absolute atomic E-state index is 0.0311. The Labute approximate surface area is 129 Å². The summed E-state index contributed by atoms with van der Waals surface area (Å²) in [6.07, 6.45) is 0. The Morgan fingerprint density at radius 3 is 2.62 bits per heavy atom. The molecule has 0 fully saturated rings. The zero-order valence-electron chi connectivity index (χ0n) is 11.7. The van der Waals surface area contributed by atoms with Crippen LogP contribution in [0.25, 0.3) is 0 Å². The molecule has 0 bridgehead atoms. The number of likely N-dealkylation sites (N-methyl/N-ethyl adjacent to an activating group) is 1. The summed E-state index contributed by atoms with van der Waals surface area (Å²) < 4.78 is 26.4. The van der Waals surface area contributed by atoms with Crippen molar-refractivity contribution in [3.63, 3.8) is 0 Å².